The van der Waals surface area contributed by atoms with Gasteiger partial charge in [-0.05, 0) is 31.5 Å². The third-order valence-electron chi connectivity index (χ3n) is 2.52. The normalized spacial score (nSPS) is 11.8. The average Bonchev–Trinajstić information content (AvgIpc) is 2.78. The predicted molar refractivity (Wildman–Crippen MR) is 62.9 cm³/mol. The molecule has 1 aromatic carbocycles. The molecule has 16 heavy (non-hydrogen) atoms. The first kappa shape index (κ1) is 10.5. The second-order valence-corrected chi connectivity index (χ2v) is 3.66. The highest BCUT2D eigenvalue weighted by Crippen LogP contribution is 2.25. The van der Waals surface area contributed by atoms with Gasteiger partial charge in [0.05, 0.1) is 0 Å². The van der Waals surface area contributed by atoms with Gasteiger partial charge in [0.1, 0.15) is 11.5 Å². The molecule has 82 valence electrons. The Balaban J connectivity index is 2.43. The van der Waals surface area contributed by atoms with Crippen molar-refractivity contribution in [3.63, 3.8) is 0 Å². The van der Waals surface area contributed by atoms with Crippen LogP contribution in [-0.2, 0) is 0 Å². The molecule has 0 radical (unpaired) electrons. The number of aryl methyl sites for hydroxylation is 1. The van der Waals surface area contributed by atoms with E-state index in [1.807, 2.05) is 37.3 Å². The van der Waals surface area contributed by atoms with Crippen molar-refractivity contribution in [1.29, 1.82) is 0 Å². The zero-order valence-electron chi connectivity index (χ0n) is 9.27. The first-order valence-corrected chi connectivity index (χ1v) is 5.07. The van der Waals surface area contributed by atoms with Crippen LogP contribution in [0, 0.1) is 6.92 Å². The van der Waals surface area contributed by atoms with Crippen molar-refractivity contribution in [2.75, 3.05) is 0 Å². The second-order valence-electron chi connectivity index (χ2n) is 3.66. The number of rotatable bonds is 2. The fourth-order valence-electron chi connectivity index (χ4n) is 1.58. The molecule has 2 aromatic rings. The second kappa shape index (κ2) is 4.23. The summed E-state index contributed by atoms with van der Waals surface area (Å²) in [5.41, 5.74) is 2.68. The van der Waals surface area contributed by atoms with Gasteiger partial charge in [0.15, 0.2) is 5.76 Å². The highest BCUT2D eigenvalue weighted by Gasteiger charge is 2.08. The van der Waals surface area contributed by atoms with Crippen molar-refractivity contribution < 1.29 is 9.62 Å². The van der Waals surface area contributed by atoms with Crippen molar-refractivity contribution in [2.24, 2.45) is 5.16 Å². The smallest absolute Gasteiger partial charge is 0.152 e. The Hall–Kier alpha value is -2.03. The van der Waals surface area contributed by atoms with Crippen LogP contribution in [0.3, 0.4) is 0 Å². The van der Waals surface area contributed by atoms with Gasteiger partial charge >= 0.3 is 0 Å². The van der Waals surface area contributed by atoms with Crippen LogP contribution in [0.25, 0.3) is 11.3 Å². The molecular weight excluding hydrogens is 202 g/mol. The van der Waals surface area contributed by atoms with Crippen molar-refractivity contribution in [2.45, 2.75) is 13.8 Å². The zero-order chi connectivity index (χ0) is 11.5. The van der Waals surface area contributed by atoms with Crippen LogP contribution in [0.1, 0.15) is 18.2 Å². The van der Waals surface area contributed by atoms with Crippen LogP contribution in [-0.4, -0.2) is 10.9 Å². The summed E-state index contributed by atoms with van der Waals surface area (Å²) in [5.74, 6) is 1.37. The Morgan fingerprint density at radius 1 is 1.19 bits per heavy atom. The zero-order valence-corrected chi connectivity index (χ0v) is 9.27. The Morgan fingerprint density at radius 2 is 1.94 bits per heavy atom. The van der Waals surface area contributed by atoms with Gasteiger partial charge < -0.3 is 9.62 Å². The molecule has 0 aliphatic heterocycles. The van der Waals surface area contributed by atoms with E-state index < -0.39 is 0 Å². The van der Waals surface area contributed by atoms with Gasteiger partial charge in [-0.3, -0.25) is 0 Å². The van der Waals surface area contributed by atoms with E-state index in [1.54, 1.807) is 13.0 Å². The van der Waals surface area contributed by atoms with E-state index in [0.717, 1.165) is 16.9 Å². The fraction of sp³-hybridized carbons (Fsp3) is 0.154. The lowest BCUT2D eigenvalue weighted by atomic mass is 10.1. The maximum absolute atomic E-state index is 8.65. The number of hydrogen-bond donors (Lipinski definition) is 1. The minimum Gasteiger partial charge on any atom is -0.455 e. The topological polar surface area (TPSA) is 45.7 Å². The first-order chi connectivity index (χ1) is 7.72. The van der Waals surface area contributed by atoms with Crippen molar-refractivity contribution in [3.05, 3.63) is 47.7 Å². The number of nitrogens with zero attached hydrogens (tertiary/aromatic N) is 1. The monoisotopic (exact) mass is 215 g/mol. The molecule has 3 nitrogen and oxygen atoms in total. The van der Waals surface area contributed by atoms with Crippen LogP contribution in [0.5, 0.6) is 0 Å². The summed E-state index contributed by atoms with van der Waals surface area (Å²) in [6.45, 7) is 3.73. The van der Waals surface area contributed by atoms with E-state index in [4.69, 9.17) is 9.62 Å². The van der Waals surface area contributed by atoms with Crippen molar-refractivity contribution >= 4 is 5.71 Å². The molecule has 0 amide bonds. The number of furan rings is 1. The number of hydrogen-bond acceptors (Lipinski definition) is 3. The average molecular weight is 215 g/mol. The number of benzene rings is 1. The molecule has 3 heteroatoms. The molecule has 1 heterocycles. The molecule has 1 aromatic heterocycles. The summed E-state index contributed by atoms with van der Waals surface area (Å²) in [6, 6.07) is 11.7. The summed E-state index contributed by atoms with van der Waals surface area (Å²) in [5, 5.41) is 11.8. The first-order valence-electron chi connectivity index (χ1n) is 5.07. The van der Waals surface area contributed by atoms with Gasteiger partial charge in [0, 0.05) is 5.56 Å². The third kappa shape index (κ3) is 1.84. The Bertz CT molecular complexity index is 526. The minimum atomic E-state index is 0.472. The Labute approximate surface area is 94.0 Å². The molecule has 2 rings (SSSR count). The molecular formula is C13H13NO2. The quantitative estimate of drug-likeness (QED) is 0.473. The van der Waals surface area contributed by atoms with E-state index >= 15 is 0 Å². The van der Waals surface area contributed by atoms with Gasteiger partial charge in [-0.25, -0.2) is 0 Å². The minimum absolute atomic E-state index is 0.472. The van der Waals surface area contributed by atoms with Crippen LogP contribution in [0.2, 0.25) is 0 Å². The molecule has 0 saturated carbocycles. The largest absolute Gasteiger partial charge is 0.455 e. The van der Waals surface area contributed by atoms with Gasteiger partial charge in [-0.1, -0.05) is 29.4 Å². The lowest BCUT2D eigenvalue weighted by Gasteiger charge is -2.01. The Morgan fingerprint density at radius 3 is 2.62 bits per heavy atom. The standard InChI is InChI=1S/C13H13NO2/c1-9-5-3-4-6-11(9)13-8-7-12(16-13)10(2)14-15/h3-8,15H,1-2H3/b14-10+. The number of oxime groups is 1. The van der Waals surface area contributed by atoms with E-state index in [0.29, 0.717) is 11.5 Å². The Kier molecular flexibility index (Phi) is 2.77. The predicted octanol–water partition coefficient (Wildman–Crippen LogP) is 3.45. The maximum Gasteiger partial charge on any atom is 0.152 e. The molecule has 1 N–H and O–H groups in total. The summed E-state index contributed by atoms with van der Waals surface area (Å²) < 4.78 is 5.61. The summed E-state index contributed by atoms with van der Waals surface area (Å²) in [6.07, 6.45) is 0. The summed E-state index contributed by atoms with van der Waals surface area (Å²) >= 11 is 0. The molecule has 0 aliphatic rings. The molecule has 0 spiro atoms. The molecule has 0 fully saturated rings. The molecule has 0 atom stereocenters. The van der Waals surface area contributed by atoms with Crippen molar-refractivity contribution in [1.82, 2.24) is 0 Å². The van der Waals surface area contributed by atoms with E-state index in [2.05, 4.69) is 5.16 Å². The van der Waals surface area contributed by atoms with Crippen molar-refractivity contribution in [3.8, 4) is 11.3 Å². The van der Waals surface area contributed by atoms with Gasteiger partial charge in [0.2, 0.25) is 0 Å². The lowest BCUT2D eigenvalue weighted by molar-refractivity contribution is 0.317. The van der Waals surface area contributed by atoms with Gasteiger partial charge in [0.25, 0.3) is 0 Å². The van der Waals surface area contributed by atoms with Crippen LogP contribution in [0.15, 0.2) is 46.0 Å². The fourth-order valence-corrected chi connectivity index (χ4v) is 1.58. The van der Waals surface area contributed by atoms with Gasteiger partial charge in [-0.15, -0.1) is 0 Å². The van der Waals surface area contributed by atoms with Crippen LogP contribution < -0.4 is 0 Å². The highest BCUT2D eigenvalue weighted by molar-refractivity contribution is 5.96. The van der Waals surface area contributed by atoms with Crippen LogP contribution >= 0.6 is 0 Å². The van der Waals surface area contributed by atoms with E-state index in [-0.39, 0.29) is 0 Å². The lowest BCUT2D eigenvalue weighted by Crippen LogP contribution is -1.90. The van der Waals surface area contributed by atoms with E-state index in [9.17, 15) is 0 Å². The summed E-state index contributed by atoms with van der Waals surface area (Å²) in [4.78, 5) is 0. The highest BCUT2D eigenvalue weighted by atomic mass is 16.4. The van der Waals surface area contributed by atoms with Gasteiger partial charge in [-0.2, -0.15) is 0 Å². The SMILES string of the molecule is C/C(=N\O)c1ccc(-c2ccccc2C)o1. The summed E-state index contributed by atoms with van der Waals surface area (Å²) in [7, 11) is 0. The molecule has 0 unspecified atom stereocenters. The maximum atomic E-state index is 8.65. The van der Waals surface area contributed by atoms with Crippen LogP contribution in [0.4, 0.5) is 0 Å². The third-order valence-corrected chi connectivity index (χ3v) is 2.52. The molecule has 0 bridgehead atoms. The van der Waals surface area contributed by atoms with E-state index in [1.165, 1.54) is 0 Å². The molecule has 0 aliphatic carbocycles. The molecule has 0 saturated heterocycles.